The summed E-state index contributed by atoms with van der Waals surface area (Å²) in [6.07, 6.45) is 1.49. The van der Waals surface area contributed by atoms with Gasteiger partial charge in [0, 0.05) is 31.7 Å². The maximum absolute atomic E-state index is 13.4. The van der Waals surface area contributed by atoms with Crippen LogP contribution in [0.3, 0.4) is 0 Å². The van der Waals surface area contributed by atoms with Crippen LogP contribution in [0.4, 0.5) is 4.79 Å². The van der Waals surface area contributed by atoms with E-state index >= 15 is 0 Å². The standard InChI is InChI=1S/C27H27N5O4/c1-18-28-22-6-4-20(16-23(22)29-18)19-5-7-24-21(15-19)17-32(12-14-36-24)27(34)31-10-8-30(9-11-31)26(33)25-3-2-13-35-25/h2-7,13,15-16H,8-12,14,17H2,1H3,(H,28,29). The molecule has 6 rings (SSSR count). The van der Waals surface area contributed by atoms with E-state index in [9.17, 15) is 9.59 Å². The molecule has 1 fully saturated rings. The average Bonchev–Trinajstić information content (AvgIpc) is 3.51. The molecule has 2 aromatic carbocycles. The van der Waals surface area contributed by atoms with Crippen LogP contribution in [0.2, 0.25) is 0 Å². The first-order valence-electron chi connectivity index (χ1n) is 12.1. The summed E-state index contributed by atoms with van der Waals surface area (Å²) in [4.78, 5) is 39.1. The van der Waals surface area contributed by atoms with Crippen molar-refractivity contribution >= 4 is 23.0 Å². The summed E-state index contributed by atoms with van der Waals surface area (Å²) in [6.45, 7) is 5.29. The molecule has 3 amide bonds. The van der Waals surface area contributed by atoms with Crippen LogP contribution in [0.25, 0.3) is 22.2 Å². The molecule has 0 spiro atoms. The van der Waals surface area contributed by atoms with E-state index in [1.807, 2.05) is 28.9 Å². The molecular weight excluding hydrogens is 458 g/mol. The number of rotatable bonds is 2. The Kier molecular flexibility index (Phi) is 5.59. The number of fused-ring (bicyclic) bond motifs is 2. The monoisotopic (exact) mass is 485 g/mol. The van der Waals surface area contributed by atoms with Gasteiger partial charge >= 0.3 is 6.03 Å². The number of H-pyrrole nitrogens is 1. The first-order chi connectivity index (χ1) is 17.5. The number of urea groups is 1. The third kappa shape index (κ3) is 4.17. The smallest absolute Gasteiger partial charge is 0.320 e. The van der Waals surface area contributed by atoms with Gasteiger partial charge in [0.25, 0.3) is 5.91 Å². The summed E-state index contributed by atoms with van der Waals surface area (Å²) in [7, 11) is 0. The molecule has 4 aromatic rings. The predicted octanol–water partition coefficient (Wildman–Crippen LogP) is 3.90. The molecule has 4 heterocycles. The molecule has 0 radical (unpaired) electrons. The lowest BCUT2D eigenvalue weighted by Gasteiger charge is -2.37. The minimum Gasteiger partial charge on any atom is -0.491 e. The van der Waals surface area contributed by atoms with Crippen LogP contribution in [0.5, 0.6) is 5.75 Å². The van der Waals surface area contributed by atoms with E-state index in [1.54, 1.807) is 17.0 Å². The highest BCUT2D eigenvalue weighted by molar-refractivity contribution is 5.91. The lowest BCUT2D eigenvalue weighted by Crippen LogP contribution is -2.54. The number of aromatic amines is 1. The van der Waals surface area contributed by atoms with Crippen LogP contribution < -0.4 is 4.74 Å². The van der Waals surface area contributed by atoms with Crippen LogP contribution >= 0.6 is 0 Å². The fourth-order valence-corrected chi connectivity index (χ4v) is 4.91. The zero-order chi connectivity index (χ0) is 24.6. The van der Waals surface area contributed by atoms with E-state index < -0.39 is 0 Å². The fraction of sp³-hybridized carbons (Fsp3) is 0.296. The van der Waals surface area contributed by atoms with Crippen molar-refractivity contribution in [1.29, 1.82) is 0 Å². The molecule has 0 bridgehead atoms. The SMILES string of the molecule is Cc1nc2ccc(-c3ccc4c(c3)CN(C(=O)N3CCN(C(=O)c5ccco5)CC3)CCO4)cc2[nH]1. The molecule has 9 heteroatoms. The number of nitrogens with one attached hydrogen (secondary N) is 1. The Morgan fingerprint density at radius 1 is 0.917 bits per heavy atom. The van der Waals surface area contributed by atoms with Gasteiger partial charge in [0.05, 0.1) is 30.4 Å². The molecule has 2 aliphatic rings. The third-order valence-corrected chi connectivity index (χ3v) is 6.81. The summed E-state index contributed by atoms with van der Waals surface area (Å²) in [6, 6.07) is 15.7. The number of hydrogen-bond acceptors (Lipinski definition) is 5. The van der Waals surface area contributed by atoms with Gasteiger partial charge in [-0.25, -0.2) is 9.78 Å². The molecule has 2 aromatic heterocycles. The van der Waals surface area contributed by atoms with Gasteiger partial charge in [0.2, 0.25) is 0 Å². The number of furan rings is 1. The van der Waals surface area contributed by atoms with E-state index in [1.165, 1.54) is 6.26 Å². The Labute approximate surface area is 208 Å². The second-order valence-electron chi connectivity index (χ2n) is 9.19. The number of carbonyl (C=O) groups is 2. The lowest BCUT2D eigenvalue weighted by atomic mass is 10.0. The van der Waals surface area contributed by atoms with Crippen molar-refractivity contribution < 1.29 is 18.7 Å². The average molecular weight is 486 g/mol. The maximum atomic E-state index is 13.4. The summed E-state index contributed by atoms with van der Waals surface area (Å²) in [5.41, 5.74) is 5.06. The second kappa shape index (κ2) is 9.07. The number of amides is 3. The molecule has 36 heavy (non-hydrogen) atoms. The zero-order valence-corrected chi connectivity index (χ0v) is 20.1. The number of hydrogen-bond donors (Lipinski definition) is 1. The van der Waals surface area contributed by atoms with Gasteiger partial charge in [0.1, 0.15) is 18.2 Å². The van der Waals surface area contributed by atoms with Gasteiger partial charge in [0.15, 0.2) is 5.76 Å². The quantitative estimate of drug-likeness (QED) is 0.465. The minimum absolute atomic E-state index is 0.0312. The number of piperazine rings is 1. The van der Waals surface area contributed by atoms with E-state index in [0.29, 0.717) is 51.6 Å². The maximum Gasteiger partial charge on any atom is 0.320 e. The Morgan fingerprint density at radius 3 is 2.50 bits per heavy atom. The fourth-order valence-electron chi connectivity index (χ4n) is 4.91. The largest absolute Gasteiger partial charge is 0.491 e. The van der Waals surface area contributed by atoms with E-state index in [2.05, 4.69) is 34.2 Å². The Bertz CT molecular complexity index is 1420. The van der Waals surface area contributed by atoms with Crippen molar-refractivity contribution in [1.82, 2.24) is 24.7 Å². The third-order valence-electron chi connectivity index (χ3n) is 6.81. The van der Waals surface area contributed by atoms with Gasteiger partial charge in [-0.1, -0.05) is 12.1 Å². The van der Waals surface area contributed by atoms with Crippen molar-refractivity contribution in [3.8, 4) is 16.9 Å². The number of aryl methyl sites for hydroxylation is 1. The number of aromatic nitrogens is 2. The lowest BCUT2D eigenvalue weighted by molar-refractivity contribution is 0.0606. The van der Waals surface area contributed by atoms with E-state index in [0.717, 1.165) is 39.3 Å². The molecule has 9 nitrogen and oxygen atoms in total. The molecule has 2 aliphatic heterocycles. The van der Waals surface area contributed by atoms with Gasteiger partial charge in [-0.3, -0.25) is 4.79 Å². The summed E-state index contributed by atoms with van der Waals surface area (Å²) in [5.74, 6) is 1.88. The van der Waals surface area contributed by atoms with Gasteiger partial charge in [-0.05, 0) is 54.4 Å². The molecular formula is C27H27N5O4. The van der Waals surface area contributed by atoms with Crippen molar-refractivity contribution in [3.05, 3.63) is 71.9 Å². The molecule has 0 atom stereocenters. The van der Waals surface area contributed by atoms with Crippen molar-refractivity contribution in [3.63, 3.8) is 0 Å². The highest BCUT2D eigenvalue weighted by Crippen LogP contribution is 2.31. The first-order valence-corrected chi connectivity index (χ1v) is 12.1. The highest BCUT2D eigenvalue weighted by atomic mass is 16.5. The molecule has 0 aliphatic carbocycles. The normalized spacial score (nSPS) is 16.0. The van der Waals surface area contributed by atoms with E-state index in [-0.39, 0.29) is 11.9 Å². The topological polar surface area (TPSA) is 94.9 Å². The summed E-state index contributed by atoms with van der Waals surface area (Å²) < 4.78 is 11.2. The summed E-state index contributed by atoms with van der Waals surface area (Å²) in [5, 5.41) is 0. The Balaban J connectivity index is 1.16. The van der Waals surface area contributed by atoms with Crippen molar-refractivity contribution in [2.75, 3.05) is 39.3 Å². The van der Waals surface area contributed by atoms with Crippen LogP contribution in [-0.4, -0.2) is 75.9 Å². The second-order valence-corrected chi connectivity index (χ2v) is 9.19. The van der Waals surface area contributed by atoms with Gasteiger partial charge in [-0.15, -0.1) is 0 Å². The molecule has 0 saturated carbocycles. The minimum atomic E-state index is -0.139. The van der Waals surface area contributed by atoms with Crippen LogP contribution in [-0.2, 0) is 6.54 Å². The Morgan fingerprint density at radius 2 is 1.69 bits per heavy atom. The number of benzene rings is 2. The number of carbonyl (C=O) groups excluding carboxylic acids is 2. The molecule has 184 valence electrons. The van der Waals surface area contributed by atoms with E-state index in [4.69, 9.17) is 9.15 Å². The van der Waals surface area contributed by atoms with Gasteiger partial charge in [-0.2, -0.15) is 0 Å². The molecule has 0 unspecified atom stereocenters. The summed E-state index contributed by atoms with van der Waals surface area (Å²) >= 11 is 0. The molecule has 1 saturated heterocycles. The molecule has 1 N–H and O–H groups in total. The van der Waals surface area contributed by atoms with Crippen LogP contribution in [0.1, 0.15) is 21.9 Å². The first kappa shape index (κ1) is 22.2. The predicted molar refractivity (Wildman–Crippen MR) is 134 cm³/mol. The number of imidazole rings is 1. The zero-order valence-electron chi connectivity index (χ0n) is 20.1. The number of ether oxygens (including phenoxy) is 1. The van der Waals surface area contributed by atoms with Gasteiger partial charge < -0.3 is 28.8 Å². The van der Waals surface area contributed by atoms with Crippen molar-refractivity contribution in [2.45, 2.75) is 13.5 Å². The highest BCUT2D eigenvalue weighted by Gasteiger charge is 2.30. The van der Waals surface area contributed by atoms with Crippen LogP contribution in [0, 0.1) is 6.92 Å². The number of nitrogens with zero attached hydrogens (tertiary/aromatic N) is 4. The van der Waals surface area contributed by atoms with Crippen LogP contribution in [0.15, 0.2) is 59.2 Å². The Hall–Kier alpha value is -4.27. The van der Waals surface area contributed by atoms with Crippen molar-refractivity contribution in [2.24, 2.45) is 0 Å².